The Balaban J connectivity index is 2.63. The largest absolute Gasteiger partial charge is 0.380 e. The third-order valence-corrected chi connectivity index (χ3v) is 3.09. The van der Waals surface area contributed by atoms with Gasteiger partial charge in [0, 0.05) is 42.6 Å². The van der Waals surface area contributed by atoms with Crippen LogP contribution in [0.3, 0.4) is 0 Å². The summed E-state index contributed by atoms with van der Waals surface area (Å²) in [5.41, 5.74) is 6.96. The van der Waals surface area contributed by atoms with Crippen molar-refractivity contribution in [2.45, 2.75) is 13.0 Å². The molecule has 0 amide bonds. The Morgan fingerprint density at radius 1 is 1.53 bits per heavy atom. The van der Waals surface area contributed by atoms with Crippen molar-refractivity contribution in [3.63, 3.8) is 0 Å². The van der Waals surface area contributed by atoms with Gasteiger partial charge >= 0.3 is 0 Å². The molecule has 0 spiro atoms. The molecule has 2 N–H and O–H groups in total. The molecular formula is C12H20BrN3O. The molecule has 1 unspecified atom stereocenters. The molecule has 0 aromatic carbocycles. The zero-order valence-electron chi connectivity index (χ0n) is 10.4. The lowest BCUT2D eigenvalue weighted by Gasteiger charge is -2.27. The van der Waals surface area contributed by atoms with Crippen LogP contribution in [0.1, 0.15) is 18.5 Å². The van der Waals surface area contributed by atoms with Gasteiger partial charge in [0.2, 0.25) is 0 Å². The van der Waals surface area contributed by atoms with Crippen LogP contribution < -0.4 is 5.73 Å². The number of aromatic nitrogens is 1. The fourth-order valence-corrected chi connectivity index (χ4v) is 2.07. The lowest BCUT2D eigenvalue weighted by molar-refractivity contribution is 0.108. The molecule has 1 heterocycles. The van der Waals surface area contributed by atoms with Crippen LogP contribution in [0.5, 0.6) is 0 Å². The molecule has 1 atom stereocenters. The maximum absolute atomic E-state index is 5.83. The number of ether oxygens (including phenoxy) is 1. The molecule has 0 saturated carbocycles. The zero-order chi connectivity index (χ0) is 12.7. The van der Waals surface area contributed by atoms with E-state index in [4.69, 9.17) is 10.5 Å². The Labute approximate surface area is 111 Å². The third-order valence-electron chi connectivity index (χ3n) is 2.66. The molecule has 1 rings (SSSR count). The summed E-state index contributed by atoms with van der Waals surface area (Å²) >= 11 is 3.43. The normalized spacial score (nSPS) is 13.0. The summed E-state index contributed by atoms with van der Waals surface area (Å²) in [7, 11) is 2.05. The van der Waals surface area contributed by atoms with Crippen molar-refractivity contribution >= 4 is 15.9 Å². The Morgan fingerprint density at radius 3 is 2.88 bits per heavy atom. The van der Waals surface area contributed by atoms with E-state index >= 15 is 0 Å². The summed E-state index contributed by atoms with van der Waals surface area (Å²) in [5.74, 6) is 0. The number of likely N-dealkylation sites (N-methyl/N-ethyl adjacent to an activating group) is 1. The van der Waals surface area contributed by atoms with Crippen LogP contribution in [0.15, 0.2) is 22.9 Å². The maximum Gasteiger partial charge on any atom is 0.0593 e. The van der Waals surface area contributed by atoms with Gasteiger partial charge in [-0.3, -0.25) is 9.88 Å². The molecule has 5 heteroatoms. The molecule has 0 bridgehead atoms. The van der Waals surface area contributed by atoms with Gasteiger partial charge in [0.15, 0.2) is 0 Å². The molecular weight excluding hydrogens is 282 g/mol. The van der Waals surface area contributed by atoms with Crippen molar-refractivity contribution < 1.29 is 4.74 Å². The van der Waals surface area contributed by atoms with Gasteiger partial charge in [-0.2, -0.15) is 0 Å². The molecule has 1 aromatic rings. The number of nitrogens with two attached hydrogens (primary N) is 1. The van der Waals surface area contributed by atoms with Gasteiger partial charge in [0.25, 0.3) is 0 Å². The quantitative estimate of drug-likeness (QED) is 0.781. The van der Waals surface area contributed by atoms with E-state index in [1.165, 1.54) is 0 Å². The SMILES string of the molecule is CCOCCN(C)C(CN)c1cncc(Br)c1. The van der Waals surface area contributed by atoms with Gasteiger partial charge in [0.05, 0.1) is 6.61 Å². The maximum atomic E-state index is 5.83. The number of nitrogens with zero attached hydrogens (tertiary/aromatic N) is 2. The van der Waals surface area contributed by atoms with Crippen LogP contribution in [0.2, 0.25) is 0 Å². The van der Waals surface area contributed by atoms with Gasteiger partial charge in [-0.1, -0.05) is 0 Å². The minimum Gasteiger partial charge on any atom is -0.380 e. The van der Waals surface area contributed by atoms with Crippen molar-refractivity contribution in [2.75, 3.05) is 33.4 Å². The van der Waals surface area contributed by atoms with E-state index in [2.05, 4.69) is 38.9 Å². The molecule has 0 fully saturated rings. The summed E-state index contributed by atoms with van der Waals surface area (Å²) in [4.78, 5) is 6.37. The summed E-state index contributed by atoms with van der Waals surface area (Å²) in [6.07, 6.45) is 3.64. The lowest BCUT2D eigenvalue weighted by atomic mass is 10.1. The number of pyridine rings is 1. The predicted octanol–water partition coefficient (Wildman–Crippen LogP) is 1.81. The topological polar surface area (TPSA) is 51.4 Å². The minimum absolute atomic E-state index is 0.181. The average Bonchev–Trinajstić information content (AvgIpc) is 2.30. The second kappa shape index (κ2) is 7.76. The van der Waals surface area contributed by atoms with Gasteiger partial charge in [0.1, 0.15) is 0 Å². The van der Waals surface area contributed by atoms with Crippen molar-refractivity contribution in [2.24, 2.45) is 5.73 Å². The Morgan fingerprint density at radius 2 is 2.29 bits per heavy atom. The summed E-state index contributed by atoms with van der Waals surface area (Å²) in [5, 5.41) is 0. The first kappa shape index (κ1) is 14.6. The first-order valence-corrected chi connectivity index (χ1v) is 6.56. The fourth-order valence-electron chi connectivity index (χ4n) is 1.69. The first-order valence-electron chi connectivity index (χ1n) is 5.77. The van der Waals surface area contributed by atoms with Crippen LogP contribution in [0.25, 0.3) is 0 Å². The molecule has 96 valence electrons. The van der Waals surface area contributed by atoms with Gasteiger partial charge in [-0.05, 0) is 41.5 Å². The minimum atomic E-state index is 0.181. The molecule has 17 heavy (non-hydrogen) atoms. The fraction of sp³-hybridized carbons (Fsp3) is 0.583. The van der Waals surface area contributed by atoms with Gasteiger partial charge in [-0.25, -0.2) is 0 Å². The second-order valence-corrected chi connectivity index (χ2v) is 4.78. The number of hydrogen-bond acceptors (Lipinski definition) is 4. The smallest absolute Gasteiger partial charge is 0.0593 e. The highest BCUT2D eigenvalue weighted by molar-refractivity contribution is 9.10. The molecule has 4 nitrogen and oxygen atoms in total. The molecule has 1 aromatic heterocycles. The van der Waals surface area contributed by atoms with Gasteiger partial charge < -0.3 is 10.5 Å². The average molecular weight is 302 g/mol. The summed E-state index contributed by atoms with van der Waals surface area (Å²) in [6, 6.07) is 2.24. The van der Waals surface area contributed by atoms with E-state index in [-0.39, 0.29) is 6.04 Å². The van der Waals surface area contributed by atoms with Crippen LogP contribution in [-0.2, 0) is 4.74 Å². The van der Waals surface area contributed by atoms with E-state index in [1.54, 1.807) is 6.20 Å². The van der Waals surface area contributed by atoms with E-state index in [9.17, 15) is 0 Å². The van der Waals surface area contributed by atoms with Crippen molar-refractivity contribution in [1.29, 1.82) is 0 Å². The van der Waals surface area contributed by atoms with Crippen LogP contribution in [0, 0.1) is 0 Å². The van der Waals surface area contributed by atoms with E-state index in [0.717, 1.165) is 29.8 Å². The van der Waals surface area contributed by atoms with Crippen molar-refractivity contribution in [3.8, 4) is 0 Å². The van der Waals surface area contributed by atoms with Crippen LogP contribution in [-0.4, -0.2) is 43.2 Å². The Kier molecular flexibility index (Phi) is 6.65. The number of rotatable bonds is 7. The monoisotopic (exact) mass is 301 g/mol. The Hall–Kier alpha value is -0.490. The molecule has 0 aliphatic heterocycles. The van der Waals surface area contributed by atoms with Crippen molar-refractivity contribution in [1.82, 2.24) is 9.88 Å². The van der Waals surface area contributed by atoms with E-state index in [0.29, 0.717) is 6.54 Å². The molecule has 0 aliphatic carbocycles. The van der Waals surface area contributed by atoms with Crippen LogP contribution >= 0.6 is 15.9 Å². The predicted molar refractivity (Wildman–Crippen MR) is 72.9 cm³/mol. The highest BCUT2D eigenvalue weighted by atomic mass is 79.9. The third kappa shape index (κ3) is 4.71. The summed E-state index contributed by atoms with van der Waals surface area (Å²) < 4.78 is 6.33. The summed E-state index contributed by atoms with van der Waals surface area (Å²) in [6.45, 7) is 4.91. The standard InChI is InChI=1S/C12H20BrN3O/c1-3-17-5-4-16(2)12(7-14)10-6-11(13)9-15-8-10/h6,8-9,12H,3-5,7,14H2,1-2H3. The van der Waals surface area contributed by atoms with E-state index in [1.807, 2.05) is 13.1 Å². The molecule has 0 radical (unpaired) electrons. The Bertz CT molecular complexity index is 335. The van der Waals surface area contributed by atoms with Crippen LogP contribution in [0.4, 0.5) is 0 Å². The van der Waals surface area contributed by atoms with E-state index < -0.39 is 0 Å². The first-order chi connectivity index (χ1) is 8.19. The number of halogens is 1. The molecule has 0 aliphatic rings. The highest BCUT2D eigenvalue weighted by Crippen LogP contribution is 2.20. The highest BCUT2D eigenvalue weighted by Gasteiger charge is 2.15. The number of hydrogen-bond donors (Lipinski definition) is 1. The molecule has 0 saturated heterocycles. The zero-order valence-corrected chi connectivity index (χ0v) is 12.0. The van der Waals surface area contributed by atoms with Gasteiger partial charge in [-0.15, -0.1) is 0 Å². The van der Waals surface area contributed by atoms with Crippen molar-refractivity contribution in [3.05, 3.63) is 28.5 Å². The second-order valence-electron chi connectivity index (χ2n) is 3.87. The lowest BCUT2D eigenvalue weighted by Crippen LogP contribution is -2.33.